The molecular weight excluding hydrogens is 394 g/mol. The highest BCUT2D eigenvalue weighted by molar-refractivity contribution is 6.30. The average molecular weight is 418 g/mol. The molecule has 2 aromatic rings. The zero-order chi connectivity index (χ0) is 21.0. The highest BCUT2D eigenvalue weighted by Gasteiger charge is 2.51. The Kier molecular flexibility index (Phi) is 6.42. The minimum absolute atomic E-state index is 0.478. The molecule has 6 nitrogen and oxygen atoms in total. The lowest BCUT2D eigenvalue weighted by Gasteiger charge is -2.37. The molecule has 1 fully saturated rings. The van der Waals surface area contributed by atoms with Gasteiger partial charge in [0.2, 0.25) is 5.92 Å². The van der Waals surface area contributed by atoms with Crippen molar-refractivity contribution in [3.05, 3.63) is 47.2 Å². The minimum Gasteiger partial charge on any atom is -0.468 e. The monoisotopic (exact) mass is 417 g/mol. The first kappa shape index (κ1) is 21.1. The number of esters is 2. The Balaban J connectivity index is 2.12. The van der Waals surface area contributed by atoms with Gasteiger partial charge in [0.05, 0.1) is 19.6 Å². The molecule has 0 saturated heterocycles. The van der Waals surface area contributed by atoms with Crippen LogP contribution in [0.25, 0.3) is 11.1 Å². The maximum atomic E-state index is 13.7. The summed E-state index contributed by atoms with van der Waals surface area (Å²) in [5, 5.41) is 0.616. The van der Waals surface area contributed by atoms with Crippen molar-refractivity contribution >= 4 is 29.3 Å². The Labute approximate surface area is 174 Å². The SMILES string of the molecule is COC(=O)C(C(=O)OC)C(=O)C1(c2[nH]ccc2-c2ccc(Cl)cc2)CCCCC1. The zero-order valence-electron chi connectivity index (χ0n) is 16.5. The number of nitrogens with one attached hydrogen (secondary N) is 1. The summed E-state index contributed by atoms with van der Waals surface area (Å²) >= 11 is 6.02. The number of hydrogen-bond acceptors (Lipinski definition) is 5. The van der Waals surface area contributed by atoms with E-state index in [-0.39, 0.29) is 0 Å². The highest BCUT2D eigenvalue weighted by Crippen LogP contribution is 2.45. The predicted molar refractivity (Wildman–Crippen MR) is 109 cm³/mol. The van der Waals surface area contributed by atoms with Crippen LogP contribution < -0.4 is 0 Å². The van der Waals surface area contributed by atoms with E-state index >= 15 is 0 Å². The number of halogens is 1. The standard InChI is InChI=1S/C22H24ClNO5/c1-28-20(26)17(21(27)29-2)19(25)22(11-4-3-5-12-22)18-16(10-13-24-18)14-6-8-15(23)9-7-14/h6-10,13,17,24H,3-5,11-12H2,1-2H3. The molecule has 1 aromatic carbocycles. The quantitative estimate of drug-likeness (QED) is 0.565. The molecule has 0 radical (unpaired) electrons. The number of methoxy groups -OCH3 is 2. The summed E-state index contributed by atoms with van der Waals surface area (Å²) < 4.78 is 9.50. The molecule has 0 spiro atoms. The molecule has 0 aliphatic heterocycles. The molecule has 154 valence electrons. The Morgan fingerprint density at radius 1 is 0.966 bits per heavy atom. The van der Waals surface area contributed by atoms with Crippen molar-refractivity contribution in [2.24, 2.45) is 5.92 Å². The smallest absolute Gasteiger partial charge is 0.327 e. The maximum Gasteiger partial charge on any atom is 0.327 e. The third kappa shape index (κ3) is 3.94. The molecule has 1 saturated carbocycles. The van der Waals surface area contributed by atoms with Gasteiger partial charge in [-0.1, -0.05) is 43.0 Å². The number of aromatic amines is 1. The van der Waals surface area contributed by atoms with E-state index < -0.39 is 29.1 Å². The third-order valence-electron chi connectivity index (χ3n) is 5.70. The molecule has 0 unspecified atom stereocenters. The first-order chi connectivity index (χ1) is 13.9. The second-order valence-corrected chi connectivity index (χ2v) is 7.70. The van der Waals surface area contributed by atoms with Crippen LogP contribution >= 0.6 is 11.6 Å². The van der Waals surface area contributed by atoms with E-state index in [1.807, 2.05) is 18.2 Å². The van der Waals surface area contributed by atoms with Gasteiger partial charge in [-0.25, -0.2) is 0 Å². The Morgan fingerprint density at radius 3 is 2.10 bits per heavy atom. The summed E-state index contributed by atoms with van der Waals surface area (Å²) in [6.07, 6.45) is 5.48. The van der Waals surface area contributed by atoms with E-state index in [4.69, 9.17) is 21.1 Å². The highest BCUT2D eigenvalue weighted by atomic mass is 35.5. The first-order valence-electron chi connectivity index (χ1n) is 9.58. The largest absolute Gasteiger partial charge is 0.468 e. The summed E-state index contributed by atoms with van der Waals surface area (Å²) in [7, 11) is 2.32. The molecular formula is C22H24ClNO5. The van der Waals surface area contributed by atoms with Crippen molar-refractivity contribution in [3.63, 3.8) is 0 Å². The fraction of sp³-hybridized carbons (Fsp3) is 0.409. The van der Waals surface area contributed by atoms with Gasteiger partial charge in [0.25, 0.3) is 0 Å². The fourth-order valence-corrected chi connectivity index (χ4v) is 4.36. The molecule has 0 atom stereocenters. The molecule has 29 heavy (non-hydrogen) atoms. The van der Waals surface area contributed by atoms with Gasteiger partial charge in [-0.15, -0.1) is 0 Å². The van der Waals surface area contributed by atoms with Gasteiger partial charge < -0.3 is 14.5 Å². The summed E-state index contributed by atoms with van der Waals surface area (Å²) in [4.78, 5) is 41.6. The number of benzene rings is 1. The topological polar surface area (TPSA) is 85.5 Å². The van der Waals surface area contributed by atoms with Crippen LogP contribution in [0.4, 0.5) is 0 Å². The van der Waals surface area contributed by atoms with Crippen LogP contribution in [0, 0.1) is 5.92 Å². The molecule has 1 N–H and O–H groups in total. The number of rotatable bonds is 6. The van der Waals surface area contributed by atoms with E-state index in [2.05, 4.69) is 4.98 Å². The van der Waals surface area contributed by atoms with Crippen molar-refractivity contribution in [2.45, 2.75) is 37.5 Å². The van der Waals surface area contributed by atoms with Crippen LogP contribution in [0.15, 0.2) is 36.5 Å². The van der Waals surface area contributed by atoms with Crippen molar-refractivity contribution in [1.82, 2.24) is 4.98 Å². The zero-order valence-corrected chi connectivity index (χ0v) is 17.3. The normalized spacial score (nSPS) is 15.7. The number of aromatic nitrogens is 1. The van der Waals surface area contributed by atoms with Gasteiger partial charge in [0, 0.05) is 22.5 Å². The van der Waals surface area contributed by atoms with Crippen molar-refractivity contribution in [1.29, 1.82) is 0 Å². The van der Waals surface area contributed by atoms with Gasteiger partial charge in [-0.05, 0) is 36.6 Å². The van der Waals surface area contributed by atoms with E-state index in [0.717, 1.165) is 44.6 Å². The van der Waals surface area contributed by atoms with Gasteiger partial charge in [-0.3, -0.25) is 14.4 Å². The maximum absolute atomic E-state index is 13.7. The molecule has 1 heterocycles. The van der Waals surface area contributed by atoms with Crippen molar-refractivity contribution in [3.8, 4) is 11.1 Å². The van der Waals surface area contributed by atoms with Crippen LogP contribution in [-0.2, 0) is 29.3 Å². The fourth-order valence-electron chi connectivity index (χ4n) is 4.23. The molecule has 1 aliphatic carbocycles. The molecule has 7 heteroatoms. The Hall–Kier alpha value is -2.60. The van der Waals surface area contributed by atoms with E-state index in [1.165, 1.54) is 0 Å². The number of carbonyl (C=O) groups is 3. The Bertz CT molecular complexity index is 880. The van der Waals surface area contributed by atoms with E-state index in [0.29, 0.717) is 23.6 Å². The van der Waals surface area contributed by atoms with Gasteiger partial charge in [0.15, 0.2) is 5.78 Å². The number of H-pyrrole nitrogens is 1. The third-order valence-corrected chi connectivity index (χ3v) is 5.95. The van der Waals surface area contributed by atoms with Crippen LogP contribution in [0.1, 0.15) is 37.8 Å². The average Bonchev–Trinajstić information content (AvgIpc) is 3.25. The lowest BCUT2D eigenvalue weighted by atomic mass is 9.65. The van der Waals surface area contributed by atoms with Crippen LogP contribution in [0.3, 0.4) is 0 Å². The number of Topliss-reactive ketones (excluding diaryl/α,β-unsaturated/α-hetero) is 1. The lowest BCUT2D eigenvalue weighted by Crippen LogP contribution is -2.48. The number of ketones is 1. The van der Waals surface area contributed by atoms with Gasteiger partial charge >= 0.3 is 11.9 Å². The van der Waals surface area contributed by atoms with E-state index in [9.17, 15) is 14.4 Å². The van der Waals surface area contributed by atoms with Crippen molar-refractivity contribution in [2.75, 3.05) is 14.2 Å². The molecule has 0 bridgehead atoms. The first-order valence-corrected chi connectivity index (χ1v) is 9.96. The second kappa shape index (κ2) is 8.82. The molecule has 0 amide bonds. The molecule has 3 rings (SSSR count). The van der Waals surface area contributed by atoms with Crippen LogP contribution in [0.2, 0.25) is 5.02 Å². The second-order valence-electron chi connectivity index (χ2n) is 7.26. The van der Waals surface area contributed by atoms with Crippen molar-refractivity contribution < 1.29 is 23.9 Å². The minimum atomic E-state index is -1.61. The predicted octanol–water partition coefficient (Wildman–Crippen LogP) is 4.07. The number of carbonyl (C=O) groups excluding carboxylic acids is 3. The summed E-state index contributed by atoms with van der Waals surface area (Å²) in [5.74, 6) is -3.88. The Morgan fingerprint density at radius 2 is 1.55 bits per heavy atom. The van der Waals surface area contributed by atoms with Gasteiger partial charge in [-0.2, -0.15) is 0 Å². The summed E-state index contributed by atoms with van der Waals surface area (Å²) in [6, 6.07) is 9.24. The van der Waals surface area contributed by atoms with Gasteiger partial charge in [0.1, 0.15) is 0 Å². The number of ether oxygens (including phenoxy) is 2. The van der Waals surface area contributed by atoms with Crippen LogP contribution in [-0.4, -0.2) is 36.9 Å². The number of hydrogen-bond donors (Lipinski definition) is 1. The lowest BCUT2D eigenvalue weighted by molar-refractivity contribution is -0.163. The van der Waals surface area contributed by atoms with Crippen LogP contribution in [0.5, 0.6) is 0 Å². The molecule has 1 aliphatic rings. The van der Waals surface area contributed by atoms with E-state index in [1.54, 1.807) is 18.3 Å². The summed E-state index contributed by atoms with van der Waals surface area (Å²) in [5.41, 5.74) is 1.47. The summed E-state index contributed by atoms with van der Waals surface area (Å²) in [6.45, 7) is 0. The molecule has 1 aromatic heterocycles.